The van der Waals surface area contributed by atoms with Crippen LogP contribution >= 0.6 is 11.6 Å². The van der Waals surface area contributed by atoms with E-state index in [2.05, 4.69) is 5.32 Å². The standard InChI is InChI=1S/C14H21ClFNO2/c1-4-18-14(19-5-2)13(17-3)9-10-8-11(15)6-7-12(10)16/h6-8,13-14,17H,4-5,9H2,1-3H3. The van der Waals surface area contributed by atoms with E-state index in [-0.39, 0.29) is 11.9 Å². The third-order valence-corrected chi connectivity index (χ3v) is 3.04. The van der Waals surface area contributed by atoms with E-state index < -0.39 is 6.29 Å². The summed E-state index contributed by atoms with van der Waals surface area (Å²) in [7, 11) is 1.80. The number of hydrogen-bond donors (Lipinski definition) is 1. The van der Waals surface area contributed by atoms with Gasteiger partial charge < -0.3 is 14.8 Å². The van der Waals surface area contributed by atoms with Crippen LogP contribution in [0.15, 0.2) is 18.2 Å². The molecule has 19 heavy (non-hydrogen) atoms. The molecule has 0 aliphatic carbocycles. The zero-order valence-electron chi connectivity index (χ0n) is 11.6. The van der Waals surface area contributed by atoms with E-state index in [1.165, 1.54) is 12.1 Å². The lowest BCUT2D eigenvalue weighted by molar-refractivity contribution is -0.152. The van der Waals surface area contributed by atoms with Crippen LogP contribution in [0.3, 0.4) is 0 Å². The second kappa shape index (κ2) is 8.48. The van der Waals surface area contributed by atoms with E-state index in [1.54, 1.807) is 13.1 Å². The average Bonchev–Trinajstić information content (AvgIpc) is 2.39. The molecule has 0 aromatic heterocycles. The van der Waals surface area contributed by atoms with Crippen molar-refractivity contribution in [2.75, 3.05) is 20.3 Å². The van der Waals surface area contributed by atoms with Crippen LogP contribution in [-0.4, -0.2) is 32.6 Å². The van der Waals surface area contributed by atoms with Crippen LogP contribution in [-0.2, 0) is 15.9 Å². The number of nitrogens with one attached hydrogen (secondary N) is 1. The summed E-state index contributed by atoms with van der Waals surface area (Å²) in [5.74, 6) is -0.267. The molecule has 0 aliphatic heterocycles. The Kier molecular flexibility index (Phi) is 7.31. The summed E-state index contributed by atoms with van der Waals surface area (Å²) in [5.41, 5.74) is 0.552. The molecule has 0 bridgehead atoms. The Bertz CT molecular complexity index is 384. The van der Waals surface area contributed by atoms with Crippen LogP contribution in [0.5, 0.6) is 0 Å². The topological polar surface area (TPSA) is 30.5 Å². The number of halogens is 2. The minimum Gasteiger partial charge on any atom is -0.351 e. The first-order valence-corrected chi connectivity index (χ1v) is 6.84. The van der Waals surface area contributed by atoms with Gasteiger partial charge in [0.1, 0.15) is 5.82 Å². The van der Waals surface area contributed by atoms with E-state index in [9.17, 15) is 4.39 Å². The second-order valence-electron chi connectivity index (χ2n) is 4.11. The molecule has 1 rings (SSSR count). The molecule has 1 atom stereocenters. The Hall–Kier alpha value is -0.680. The summed E-state index contributed by atoms with van der Waals surface area (Å²) < 4.78 is 24.8. The van der Waals surface area contributed by atoms with Gasteiger partial charge in [-0.05, 0) is 51.1 Å². The van der Waals surface area contributed by atoms with Gasteiger partial charge in [0.2, 0.25) is 0 Å². The highest BCUT2D eigenvalue weighted by Crippen LogP contribution is 2.18. The fourth-order valence-corrected chi connectivity index (χ4v) is 2.07. The normalized spacial score (nSPS) is 12.9. The van der Waals surface area contributed by atoms with Crippen molar-refractivity contribution >= 4 is 11.6 Å². The van der Waals surface area contributed by atoms with Gasteiger partial charge in [0, 0.05) is 18.2 Å². The van der Waals surface area contributed by atoms with Crippen molar-refractivity contribution in [3.8, 4) is 0 Å². The van der Waals surface area contributed by atoms with Crippen molar-refractivity contribution in [1.82, 2.24) is 5.32 Å². The number of hydrogen-bond acceptors (Lipinski definition) is 3. The zero-order valence-corrected chi connectivity index (χ0v) is 12.3. The molecule has 0 radical (unpaired) electrons. The third kappa shape index (κ3) is 5.07. The van der Waals surface area contributed by atoms with Crippen LogP contribution in [0.2, 0.25) is 5.02 Å². The minimum absolute atomic E-state index is 0.132. The highest BCUT2D eigenvalue weighted by atomic mass is 35.5. The lowest BCUT2D eigenvalue weighted by atomic mass is 10.0. The third-order valence-electron chi connectivity index (χ3n) is 2.81. The van der Waals surface area contributed by atoms with Crippen LogP contribution in [0.1, 0.15) is 19.4 Å². The first kappa shape index (κ1) is 16.4. The summed E-state index contributed by atoms with van der Waals surface area (Å²) in [5, 5.41) is 3.63. The summed E-state index contributed by atoms with van der Waals surface area (Å²) in [6.45, 7) is 4.89. The van der Waals surface area contributed by atoms with E-state index in [0.29, 0.717) is 30.2 Å². The Balaban J connectivity index is 2.81. The monoisotopic (exact) mass is 289 g/mol. The zero-order chi connectivity index (χ0) is 14.3. The first-order chi connectivity index (χ1) is 9.12. The largest absolute Gasteiger partial charge is 0.351 e. The Morgan fingerprint density at radius 1 is 1.26 bits per heavy atom. The maximum Gasteiger partial charge on any atom is 0.172 e. The van der Waals surface area contributed by atoms with Crippen LogP contribution in [0.4, 0.5) is 4.39 Å². The molecule has 1 aromatic carbocycles. The Morgan fingerprint density at radius 2 is 1.89 bits per heavy atom. The summed E-state index contributed by atoms with van der Waals surface area (Å²) >= 11 is 5.90. The Morgan fingerprint density at radius 3 is 2.42 bits per heavy atom. The van der Waals surface area contributed by atoms with Crippen LogP contribution < -0.4 is 5.32 Å². The molecule has 1 N–H and O–H groups in total. The van der Waals surface area contributed by atoms with Crippen molar-refractivity contribution in [2.24, 2.45) is 0 Å². The van der Waals surface area contributed by atoms with E-state index in [1.807, 2.05) is 13.8 Å². The van der Waals surface area contributed by atoms with E-state index in [4.69, 9.17) is 21.1 Å². The van der Waals surface area contributed by atoms with Crippen molar-refractivity contribution in [3.63, 3.8) is 0 Å². The number of rotatable bonds is 8. The summed E-state index contributed by atoms with van der Waals surface area (Å²) in [6, 6.07) is 4.42. The molecule has 3 nitrogen and oxygen atoms in total. The molecule has 0 saturated carbocycles. The quantitative estimate of drug-likeness (QED) is 0.746. The summed E-state index contributed by atoms with van der Waals surface area (Å²) in [6.07, 6.45) is 0.0477. The predicted molar refractivity (Wildman–Crippen MR) is 75.0 cm³/mol. The highest BCUT2D eigenvalue weighted by molar-refractivity contribution is 6.30. The molecule has 1 unspecified atom stereocenters. The molecule has 0 spiro atoms. The maximum atomic E-state index is 13.7. The molecule has 108 valence electrons. The van der Waals surface area contributed by atoms with Crippen LogP contribution in [0, 0.1) is 5.82 Å². The fraction of sp³-hybridized carbons (Fsp3) is 0.571. The van der Waals surface area contributed by atoms with Gasteiger partial charge in [0.15, 0.2) is 6.29 Å². The lowest BCUT2D eigenvalue weighted by Crippen LogP contribution is -2.43. The van der Waals surface area contributed by atoms with E-state index in [0.717, 1.165) is 0 Å². The van der Waals surface area contributed by atoms with Crippen molar-refractivity contribution < 1.29 is 13.9 Å². The number of benzene rings is 1. The van der Waals surface area contributed by atoms with Crippen molar-refractivity contribution in [3.05, 3.63) is 34.6 Å². The lowest BCUT2D eigenvalue weighted by Gasteiger charge is -2.26. The minimum atomic E-state index is -0.404. The smallest absolute Gasteiger partial charge is 0.172 e. The van der Waals surface area contributed by atoms with Gasteiger partial charge in [-0.1, -0.05) is 11.6 Å². The SMILES string of the molecule is CCOC(OCC)C(Cc1cc(Cl)ccc1F)NC. The molecule has 0 aliphatic rings. The van der Waals surface area contributed by atoms with Gasteiger partial charge in [-0.2, -0.15) is 0 Å². The van der Waals surface area contributed by atoms with Gasteiger partial charge in [-0.15, -0.1) is 0 Å². The molecule has 0 amide bonds. The predicted octanol–water partition coefficient (Wildman–Crippen LogP) is 3.01. The van der Waals surface area contributed by atoms with Crippen LogP contribution in [0.25, 0.3) is 0 Å². The first-order valence-electron chi connectivity index (χ1n) is 6.46. The van der Waals surface area contributed by atoms with E-state index >= 15 is 0 Å². The number of ether oxygens (including phenoxy) is 2. The maximum absolute atomic E-state index is 13.7. The molecule has 1 aromatic rings. The number of likely N-dealkylation sites (N-methyl/N-ethyl adjacent to an activating group) is 1. The Labute approximate surface area is 119 Å². The molecule has 0 saturated heterocycles. The van der Waals surface area contributed by atoms with Crippen molar-refractivity contribution in [2.45, 2.75) is 32.6 Å². The molecular weight excluding hydrogens is 269 g/mol. The molecule has 0 heterocycles. The van der Waals surface area contributed by atoms with Gasteiger partial charge in [-0.25, -0.2) is 4.39 Å². The second-order valence-corrected chi connectivity index (χ2v) is 4.55. The highest BCUT2D eigenvalue weighted by Gasteiger charge is 2.22. The molecule has 0 fully saturated rings. The summed E-state index contributed by atoms with van der Waals surface area (Å²) in [4.78, 5) is 0. The molecular formula is C14H21ClFNO2. The average molecular weight is 290 g/mol. The van der Waals surface area contributed by atoms with Crippen molar-refractivity contribution in [1.29, 1.82) is 0 Å². The van der Waals surface area contributed by atoms with Gasteiger partial charge in [0.05, 0.1) is 6.04 Å². The van der Waals surface area contributed by atoms with Gasteiger partial charge in [-0.3, -0.25) is 0 Å². The fourth-order valence-electron chi connectivity index (χ4n) is 1.88. The van der Waals surface area contributed by atoms with Gasteiger partial charge in [0.25, 0.3) is 0 Å². The van der Waals surface area contributed by atoms with Gasteiger partial charge >= 0.3 is 0 Å². The molecule has 5 heteroatoms.